The topological polar surface area (TPSA) is 26.3 Å². The third-order valence-corrected chi connectivity index (χ3v) is 3.33. The van der Waals surface area contributed by atoms with Gasteiger partial charge in [0.1, 0.15) is 0 Å². The van der Waals surface area contributed by atoms with Crippen molar-refractivity contribution in [3.05, 3.63) is 0 Å². The van der Waals surface area contributed by atoms with Crippen LogP contribution in [0.3, 0.4) is 0 Å². The summed E-state index contributed by atoms with van der Waals surface area (Å²) in [4.78, 5) is 0. The van der Waals surface area contributed by atoms with Gasteiger partial charge in [0, 0.05) is 0 Å². The molecule has 0 spiro atoms. The Morgan fingerprint density at radius 2 is 1.83 bits per heavy atom. The lowest BCUT2D eigenvalue weighted by atomic mass is 10.1. The van der Waals surface area contributed by atoms with Crippen molar-refractivity contribution in [2.45, 2.75) is 33.6 Å². The van der Waals surface area contributed by atoms with Crippen LogP contribution in [-0.2, 0) is 9.09 Å². The molecule has 0 heterocycles. The first-order valence-electron chi connectivity index (χ1n) is 4.49. The fourth-order valence-electron chi connectivity index (χ4n) is 0.832. The lowest BCUT2D eigenvalue weighted by Crippen LogP contribution is -2.05. The second-order valence-electron chi connectivity index (χ2n) is 2.88. The molecule has 0 amide bonds. The van der Waals surface area contributed by atoms with Gasteiger partial charge in [0.25, 0.3) is 0 Å². The fraction of sp³-hybridized carbons (Fsp3) is 1.00. The van der Waals surface area contributed by atoms with E-state index in [1.807, 2.05) is 13.8 Å². The standard InChI is InChI=1S/C8H18FO2P/c1-4-8(5-2)7-11-12(9,10)6-3/h8H,4-7H2,1-3H3. The average molecular weight is 196 g/mol. The molecule has 0 aromatic carbocycles. The van der Waals surface area contributed by atoms with Crippen LogP contribution in [0, 0.1) is 5.92 Å². The van der Waals surface area contributed by atoms with Gasteiger partial charge in [-0.25, -0.2) is 0 Å². The first-order chi connectivity index (χ1) is 5.55. The maximum absolute atomic E-state index is 12.8. The van der Waals surface area contributed by atoms with Crippen molar-refractivity contribution in [2.24, 2.45) is 5.92 Å². The third-order valence-electron chi connectivity index (χ3n) is 2.04. The van der Waals surface area contributed by atoms with Gasteiger partial charge in [0.2, 0.25) is 0 Å². The molecule has 0 fully saturated rings. The quantitative estimate of drug-likeness (QED) is 0.606. The van der Waals surface area contributed by atoms with Crippen LogP contribution < -0.4 is 0 Å². The van der Waals surface area contributed by atoms with E-state index in [9.17, 15) is 8.76 Å². The zero-order chi connectivity index (χ0) is 9.61. The molecule has 0 radical (unpaired) electrons. The predicted molar refractivity (Wildman–Crippen MR) is 49.3 cm³/mol. The summed E-state index contributed by atoms with van der Waals surface area (Å²) < 4.78 is 28.3. The van der Waals surface area contributed by atoms with Crippen LogP contribution in [0.1, 0.15) is 33.6 Å². The maximum atomic E-state index is 12.8. The lowest BCUT2D eigenvalue weighted by Gasteiger charge is -2.13. The minimum absolute atomic E-state index is 0.0207. The fourth-order valence-corrected chi connectivity index (χ4v) is 1.45. The van der Waals surface area contributed by atoms with Gasteiger partial charge in [-0.3, -0.25) is 4.57 Å². The molecule has 0 saturated heterocycles. The molecule has 0 N–H and O–H groups in total. The molecule has 2 nitrogen and oxygen atoms in total. The minimum atomic E-state index is -3.75. The summed E-state index contributed by atoms with van der Waals surface area (Å²) in [5.41, 5.74) is 0. The summed E-state index contributed by atoms with van der Waals surface area (Å²) in [6, 6.07) is 0. The zero-order valence-electron chi connectivity index (χ0n) is 8.05. The first kappa shape index (κ1) is 12.1. The molecule has 0 aromatic heterocycles. The van der Waals surface area contributed by atoms with E-state index in [4.69, 9.17) is 4.52 Å². The maximum Gasteiger partial charge on any atom is 0.367 e. The molecule has 0 aromatic rings. The Morgan fingerprint density at radius 3 is 2.17 bits per heavy atom. The highest BCUT2D eigenvalue weighted by molar-refractivity contribution is 7.53. The third kappa shape index (κ3) is 4.89. The van der Waals surface area contributed by atoms with Crippen molar-refractivity contribution < 1.29 is 13.3 Å². The summed E-state index contributed by atoms with van der Waals surface area (Å²) in [5.74, 6) is 0.334. The van der Waals surface area contributed by atoms with Gasteiger partial charge < -0.3 is 4.52 Å². The Morgan fingerprint density at radius 1 is 1.33 bits per heavy atom. The highest BCUT2D eigenvalue weighted by Gasteiger charge is 2.19. The van der Waals surface area contributed by atoms with Crippen molar-refractivity contribution in [3.8, 4) is 0 Å². The van der Waals surface area contributed by atoms with E-state index in [2.05, 4.69) is 0 Å². The van der Waals surface area contributed by atoms with E-state index in [1.165, 1.54) is 6.92 Å². The van der Waals surface area contributed by atoms with Gasteiger partial charge in [-0.05, 0) is 5.92 Å². The Balaban J connectivity index is 3.73. The van der Waals surface area contributed by atoms with Crippen LogP contribution in [0.2, 0.25) is 0 Å². The Bertz CT molecular complexity index is 157. The van der Waals surface area contributed by atoms with Gasteiger partial charge in [0.15, 0.2) is 0 Å². The van der Waals surface area contributed by atoms with Crippen molar-refractivity contribution in [3.63, 3.8) is 0 Å². The molecular weight excluding hydrogens is 178 g/mol. The molecule has 0 bridgehead atoms. The molecule has 1 unspecified atom stereocenters. The van der Waals surface area contributed by atoms with Crippen LogP contribution in [0.5, 0.6) is 0 Å². The highest BCUT2D eigenvalue weighted by atomic mass is 31.2. The van der Waals surface area contributed by atoms with Crippen LogP contribution in [-0.4, -0.2) is 12.8 Å². The van der Waals surface area contributed by atoms with E-state index < -0.39 is 7.68 Å². The molecule has 1 atom stereocenters. The largest absolute Gasteiger partial charge is 0.367 e. The van der Waals surface area contributed by atoms with Gasteiger partial charge >= 0.3 is 7.68 Å². The van der Waals surface area contributed by atoms with E-state index in [0.717, 1.165) is 12.8 Å². The van der Waals surface area contributed by atoms with Crippen molar-refractivity contribution in [1.29, 1.82) is 0 Å². The Labute approximate surface area is 74.1 Å². The van der Waals surface area contributed by atoms with Crippen LogP contribution >= 0.6 is 7.68 Å². The second-order valence-corrected chi connectivity index (χ2v) is 4.96. The summed E-state index contributed by atoms with van der Waals surface area (Å²) in [5, 5.41) is 0. The predicted octanol–water partition coefficient (Wildman–Crippen LogP) is 3.62. The number of halogens is 1. The summed E-state index contributed by atoms with van der Waals surface area (Å²) in [7, 11) is -3.75. The molecule has 0 rings (SSSR count). The van der Waals surface area contributed by atoms with E-state index >= 15 is 0 Å². The first-order valence-corrected chi connectivity index (χ1v) is 6.19. The Kier molecular flexibility index (Phi) is 5.77. The lowest BCUT2D eigenvalue weighted by molar-refractivity contribution is 0.226. The average Bonchev–Trinajstić information content (AvgIpc) is 2.06. The van der Waals surface area contributed by atoms with E-state index in [1.54, 1.807) is 0 Å². The molecule has 74 valence electrons. The van der Waals surface area contributed by atoms with E-state index in [0.29, 0.717) is 5.92 Å². The number of rotatable bonds is 6. The molecule has 0 aliphatic rings. The number of hydrogen-bond donors (Lipinski definition) is 0. The normalized spacial score (nSPS) is 16.4. The van der Waals surface area contributed by atoms with Gasteiger partial charge in [-0.2, -0.15) is 4.20 Å². The van der Waals surface area contributed by atoms with Crippen LogP contribution in [0.25, 0.3) is 0 Å². The summed E-state index contributed by atoms with van der Waals surface area (Å²) in [6.07, 6.45) is 1.87. The van der Waals surface area contributed by atoms with Crippen molar-refractivity contribution >= 4 is 7.68 Å². The summed E-state index contributed by atoms with van der Waals surface area (Å²) >= 11 is 0. The molecule has 0 saturated carbocycles. The van der Waals surface area contributed by atoms with Crippen LogP contribution in [0.4, 0.5) is 4.20 Å². The van der Waals surface area contributed by atoms with Gasteiger partial charge in [-0.1, -0.05) is 33.6 Å². The Hall–Kier alpha value is 0.120. The minimum Gasteiger partial charge on any atom is -0.305 e. The summed E-state index contributed by atoms with van der Waals surface area (Å²) in [6.45, 7) is 5.86. The smallest absolute Gasteiger partial charge is 0.305 e. The molecule has 0 aliphatic heterocycles. The molecule has 4 heteroatoms. The van der Waals surface area contributed by atoms with E-state index in [-0.39, 0.29) is 12.8 Å². The van der Waals surface area contributed by atoms with Gasteiger partial charge in [-0.15, -0.1) is 0 Å². The van der Waals surface area contributed by atoms with Gasteiger partial charge in [0.05, 0.1) is 12.8 Å². The zero-order valence-corrected chi connectivity index (χ0v) is 8.94. The molecule has 12 heavy (non-hydrogen) atoms. The number of hydrogen-bond acceptors (Lipinski definition) is 2. The second kappa shape index (κ2) is 5.71. The van der Waals surface area contributed by atoms with Crippen molar-refractivity contribution in [1.82, 2.24) is 0 Å². The molecule has 0 aliphatic carbocycles. The van der Waals surface area contributed by atoms with Crippen molar-refractivity contribution in [2.75, 3.05) is 12.8 Å². The highest BCUT2D eigenvalue weighted by Crippen LogP contribution is 2.48. The monoisotopic (exact) mass is 196 g/mol. The SMILES string of the molecule is CCC(CC)COP(=O)(F)CC. The van der Waals surface area contributed by atoms with Crippen LogP contribution in [0.15, 0.2) is 0 Å². The molecular formula is C8H18FO2P.